The van der Waals surface area contributed by atoms with Gasteiger partial charge < -0.3 is 5.32 Å². The maximum absolute atomic E-state index is 12.8. The molecule has 1 aliphatic rings. The second-order valence-corrected chi connectivity index (χ2v) is 8.89. The number of hydrogen-bond acceptors (Lipinski definition) is 3. The molecule has 0 fully saturated rings. The van der Waals surface area contributed by atoms with E-state index in [0.29, 0.717) is 13.1 Å². The minimum atomic E-state index is 0.0854. The highest BCUT2D eigenvalue weighted by atomic mass is 32.1. The van der Waals surface area contributed by atoms with E-state index in [-0.39, 0.29) is 11.9 Å². The Hall–Kier alpha value is -2.43. The van der Waals surface area contributed by atoms with Crippen LogP contribution in [0.5, 0.6) is 0 Å². The predicted molar refractivity (Wildman–Crippen MR) is 120 cm³/mol. The normalized spacial score (nSPS) is 16.4. The molecule has 2 heterocycles. The highest BCUT2D eigenvalue weighted by Crippen LogP contribution is 2.42. The van der Waals surface area contributed by atoms with Gasteiger partial charge in [0.25, 0.3) is 0 Å². The number of aryl methyl sites for hydroxylation is 1. The van der Waals surface area contributed by atoms with Gasteiger partial charge in [0.2, 0.25) is 5.91 Å². The van der Waals surface area contributed by atoms with Crippen molar-refractivity contribution < 1.29 is 4.79 Å². The predicted octanol–water partition coefficient (Wildman–Crippen LogP) is 4.88. The fourth-order valence-corrected chi connectivity index (χ4v) is 5.83. The van der Waals surface area contributed by atoms with Crippen molar-refractivity contribution in [3.05, 3.63) is 92.7 Å². The van der Waals surface area contributed by atoms with Crippen molar-refractivity contribution in [3.8, 4) is 0 Å². The maximum atomic E-state index is 12.8. The molecule has 4 rings (SSSR count). The molecule has 1 N–H and O–H groups in total. The molecule has 1 aromatic heterocycles. The number of hydrogen-bond donors (Lipinski definition) is 1. The fraction of sp³-hybridized carbons (Fsp3) is 0.320. The summed E-state index contributed by atoms with van der Waals surface area (Å²) in [6.07, 6.45) is 2.11. The molecule has 0 saturated carbocycles. The number of carbonyl (C=O) groups excluding carboxylic acids is 1. The second kappa shape index (κ2) is 8.93. The summed E-state index contributed by atoms with van der Waals surface area (Å²) in [6, 6.07) is 20.9. The van der Waals surface area contributed by atoms with Gasteiger partial charge in [0.05, 0.1) is 12.6 Å². The van der Waals surface area contributed by atoms with Crippen LogP contribution in [0.2, 0.25) is 0 Å². The van der Waals surface area contributed by atoms with Crippen LogP contribution in [0.3, 0.4) is 0 Å². The highest BCUT2D eigenvalue weighted by Gasteiger charge is 2.33. The molecule has 2 aromatic carbocycles. The van der Waals surface area contributed by atoms with Gasteiger partial charge in [0.15, 0.2) is 0 Å². The van der Waals surface area contributed by atoms with Gasteiger partial charge in [-0.15, -0.1) is 11.3 Å². The zero-order chi connectivity index (χ0) is 20.2. The molecule has 0 aliphatic carbocycles. The van der Waals surface area contributed by atoms with Crippen LogP contribution in [-0.4, -0.2) is 23.9 Å². The van der Waals surface area contributed by atoms with Crippen molar-refractivity contribution in [2.45, 2.75) is 39.3 Å². The zero-order valence-electron chi connectivity index (χ0n) is 17.2. The molecule has 1 unspecified atom stereocenters. The molecule has 0 spiro atoms. The van der Waals surface area contributed by atoms with Gasteiger partial charge in [-0.25, -0.2) is 0 Å². The highest BCUT2D eigenvalue weighted by molar-refractivity contribution is 7.12. The van der Waals surface area contributed by atoms with E-state index in [4.69, 9.17) is 0 Å². The van der Waals surface area contributed by atoms with E-state index in [2.05, 4.69) is 54.4 Å². The third-order valence-corrected chi connectivity index (χ3v) is 7.00. The summed E-state index contributed by atoms with van der Waals surface area (Å²) in [5.74, 6) is 0.0854. The molecule has 4 heteroatoms. The van der Waals surface area contributed by atoms with Crippen LogP contribution in [0.1, 0.15) is 45.0 Å². The third kappa shape index (κ3) is 4.29. The number of fused-ring (bicyclic) bond motifs is 1. The van der Waals surface area contributed by atoms with E-state index < -0.39 is 0 Å². The number of rotatable bonds is 6. The topological polar surface area (TPSA) is 32.3 Å². The first-order valence-corrected chi connectivity index (χ1v) is 11.2. The average molecular weight is 405 g/mol. The molecule has 1 atom stereocenters. The monoisotopic (exact) mass is 404 g/mol. The Morgan fingerprint density at radius 1 is 1.10 bits per heavy atom. The minimum Gasteiger partial charge on any atom is -0.351 e. The van der Waals surface area contributed by atoms with E-state index in [1.165, 1.54) is 26.4 Å². The molecule has 29 heavy (non-hydrogen) atoms. The van der Waals surface area contributed by atoms with Crippen molar-refractivity contribution in [2.75, 3.05) is 13.1 Å². The number of carbonyl (C=O) groups is 1. The molecule has 0 saturated heterocycles. The van der Waals surface area contributed by atoms with Crippen LogP contribution in [-0.2, 0) is 24.2 Å². The van der Waals surface area contributed by atoms with Crippen LogP contribution in [0, 0.1) is 6.92 Å². The van der Waals surface area contributed by atoms with Gasteiger partial charge in [-0.1, -0.05) is 67.6 Å². The van der Waals surface area contributed by atoms with Crippen LogP contribution in [0.4, 0.5) is 0 Å². The van der Waals surface area contributed by atoms with Crippen molar-refractivity contribution >= 4 is 17.2 Å². The SMILES string of the molecule is CCc1c(C)sc2c1CCN(CC(=O)NCc1ccccc1)C2c1ccccc1. The molecule has 1 amide bonds. The lowest BCUT2D eigenvalue weighted by atomic mass is 9.91. The molecule has 0 bridgehead atoms. The quantitative estimate of drug-likeness (QED) is 0.635. The van der Waals surface area contributed by atoms with E-state index >= 15 is 0 Å². The Morgan fingerprint density at radius 3 is 2.48 bits per heavy atom. The summed E-state index contributed by atoms with van der Waals surface area (Å²) in [5, 5.41) is 3.09. The molecule has 1 aliphatic heterocycles. The van der Waals surface area contributed by atoms with Crippen LogP contribution in [0.15, 0.2) is 60.7 Å². The van der Waals surface area contributed by atoms with Gasteiger partial charge in [-0.05, 0) is 42.0 Å². The van der Waals surface area contributed by atoms with Crippen molar-refractivity contribution in [2.24, 2.45) is 0 Å². The Balaban J connectivity index is 1.56. The molecule has 3 aromatic rings. The van der Waals surface area contributed by atoms with Gasteiger partial charge in [0.1, 0.15) is 0 Å². The summed E-state index contributed by atoms with van der Waals surface area (Å²) >= 11 is 1.91. The smallest absolute Gasteiger partial charge is 0.234 e. The van der Waals surface area contributed by atoms with Crippen LogP contribution in [0.25, 0.3) is 0 Å². The summed E-state index contributed by atoms with van der Waals surface area (Å²) < 4.78 is 0. The third-order valence-electron chi connectivity index (χ3n) is 5.76. The Labute approximate surface area is 177 Å². The Morgan fingerprint density at radius 2 is 1.79 bits per heavy atom. The number of benzene rings is 2. The first-order chi connectivity index (χ1) is 14.2. The molecule has 3 nitrogen and oxygen atoms in total. The van der Waals surface area contributed by atoms with Crippen LogP contribution < -0.4 is 5.32 Å². The Kier molecular flexibility index (Phi) is 6.12. The van der Waals surface area contributed by atoms with Gasteiger partial charge in [-0.3, -0.25) is 9.69 Å². The average Bonchev–Trinajstić information content (AvgIpc) is 3.08. The summed E-state index contributed by atoms with van der Waals surface area (Å²) in [5.41, 5.74) is 5.43. The first kappa shape index (κ1) is 19.9. The van der Waals surface area contributed by atoms with E-state index in [9.17, 15) is 4.79 Å². The minimum absolute atomic E-state index is 0.0854. The largest absolute Gasteiger partial charge is 0.351 e. The fourth-order valence-electron chi connectivity index (χ4n) is 4.36. The summed E-state index contributed by atoms with van der Waals surface area (Å²) in [6.45, 7) is 6.39. The maximum Gasteiger partial charge on any atom is 0.234 e. The Bertz CT molecular complexity index is 965. The molecular formula is C25H28N2OS. The first-order valence-electron chi connectivity index (χ1n) is 10.4. The number of amides is 1. The molecular weight excluding hydrogens is 376 g/mol. The lowest BCUT2D eigenvalue weighted by Gasteiger charge is -2.36. The van der Waals surface area contributed by atoms with E-state index in [0.717, 1.165) is 24.9 Å². The van der Waals surface area contributed by atoms with Crippen molar-refractivity contribution in [1.29, 1.82) is 0 Å². The summed E-state index contributed by atoms with van der Waals surface area (Å²) in [4.78, 5) is 17.9. The van der Waals surface area contributed by atoms with Gasteiger partial charge in [0, 0.05) is 22.8 Å². The van der Waals surface area contributed by atoms with E-state index in [1.54, 1.807) is 0 Å². The van der Waals surface area contributed by atoms with Crippen molar-refractivity contribution in [3.63, 3.8) is 0 Å². The number of nitrogens with zero attached hydrogens (tertiary/aromatic N) is 1. The zero-order valence-corrected chi connectivity index (χ0v) is 18.0. The lowest BCUT2D eigenvalue weighted by molar-refractivity contribution is -0.122. The van der Waals surface area contributed by atoms with Gasteiger partial charge >= 0.3 is 0 Å². The van der Waals surface area contributed by atoms with Crippen LogP contribution >= 0.6 is 11.3 Å². The lowest BCUT2D eigenvalue weighted by Crippen LogP contribution is -2.42. The number of nitrogens with one attached hydrogen (secondary N) is 1. The van der Waals surface area contributed by atoms with E-state index in [1.807, 2.05) is 41.7 Å². The molecule has 150 valence electrons. The summed E-state index contributed by atoms with van der Waals surface area (Å²) in [7, 11) is 0. The van der Waals surface area contributed by atoms with Crippen molar-refractivity contribution in [1.82, 2.24) is 10.2 Å². The van der Waals surface area contributed by atoms with Gasteiger partial charge in [-0.2, -0.15) is 0 Å². The molecule has 0 radical (unpaired) electrons. The second-order valence-electron chi connectivity index (χ2n) is 7.63. The standard InChI is InChI=1S/C25H28N2OS/c1-3-21-18(2)29-25-22(21)14-15-27(24(25)20-12-8-5-9-13-20)17-23(28)26-16-19-10-6-4-7-11-19/h4-13,24H,3,14-17H2,1-2H3,(H,26,28). The number of thiophene rings is 1.